The fraction of sp³-hybridized carbons (Fsp3) is 0.455. The van der Waals surface area contributed by atoms with Crippen molar-refractivity contribution in [2.24, 2.45) is 5.92 Å². The van der Waals surface area contributed by atoms with E-state index in [0.29, 0.717) is 0 Å². The highest BCUT2D eigenvalue weighted by Gasteiger charge is 2.16. The number of rotatable bonds is 2. The first-order chi connectivity index (χ1) is 5.45. The molecule has 11 heavy (non-hydrogen) atoms. The van der Waals surface area contributed by atoms with Gasteiger partial charge in [-0.2, -0.15) is 0 Å². The van der Waals surface area contributed by atoms with E-state index >= 15 is 0 Å². The third-order valence-electron chi connectivity index (χ3n) is 2.54. The minimum atomic E-state index is 0.984. The molecule has 1 saturated carbocycles. The monoisotopic (exact) mass is 145 g/mol. The van der Waals surface area contributed by atoms with Crippen LogP contribution in [0.15, 0.2) is 24.3 Å². The van der Waals surface area contributed by atoms with Crippen molar-refractivity contribution < 1.29 is 0 Å². The molecule has 0 heteroatoms. The molecular formula is C11H13. The highest BCUT2D eigenvalue weighted by Crippen LogP contribution is 2.29. The minimum Gasteiger partial charge on any atom is -0.0584 e. The summed E-state index contributed by atoms with van der Waals surface area (Å²) in [7, 11) is 0. The molecule has 0 amide bonds. The fourth-order valence-electron chi connectivity index (χ4n) is 1.59. The first-order valence-corrected chi connectivity index (χ1v) is 4.40. The molecule has 0 aliphatic heterocycles. The molecule has 0 unspecified atom stereocenters. The van der Waals surface area contributed by atoms with E-state index in [9.17, 15) is 0 Å². The van der Waals surface area contributed by atoms with Gasteiger partial charge in [0.05, 0.1) is 0 Å². The maximum atomic E-state index is 3.04. The molecule has 0 N–H and O–H groups in total. The fourth-order valence-corrected chi connectivity index (χ4v) is 1.59. The summed E-state index contributed by atoms with van der Waals surface area (Å²) in [6, 6.07) is 11.4. The van der Waals surface area contributed by atoms with Gasteiger partial charge in [-0.1, -0.05) is 43.5 Å². The van der Waals surface area contributed by atoms with E-state index in [1.807, 2.05) is 12.1 Å². The van der Waals surface area contributed by atoms with Crippen molar-refractivity contribution in [3.8, 4) is 0 Å². The normalized spacial score (nSPS) is 17.8. The van der Waals surface area contributed by atoms with Crippen LogP contribution in [-0.4, -0.2) is 0 Å². The molecule has 2 rings (SSSR count). The van der Waals surface area contributed by atoms with Crippen molar-refractivity contribution in [1.29, 1.82) is 0 Å². The van der Waals surface area contributed by atoms with Crippen molar-refractivity contribution in [2.45, 2.75) is 25.7 Å². The van der Waals surface area contributed by atoms with E-state index in [2.05, 4.69) is 18.2 Å². The number of hydrogen-bond acceptors (Lipinski definition) is 0. The van der Waals surface area contributed by atoms with Crippen LogP contribution >= 0.6 is 0 Å². The highest BCUT2D eigenvalue weighted by atomic mass is 14.2. The Hall–Kier alpha value is -0.780. The van der Waals surface area contributed by atoms with E-state index < -0.39 is 0 Å². The van der Waals surface area contributed by atoms with Crippen LogP contribution in [0, 0.1) is 12.0 Å². The summed E-state index contributed by atoms with van der Waals surface area (Å²) >= 11 is 0. The zero-order valence-corrected chi connectivity index (χ0v) is 6.72. The van der Waals surface area contributed by atoms with E-state index in [1.165, 1.54) is 31.2 Å². The molecule has 0 spiro atoms. The molecule has 57 valence electrons. The summed E-state index contributed by atoms with van der Waals surface area (Å²) < 4.78 is 0. The smallest absolute Gasteiger partial charge is 0.0184 e. The Morgan fingerprint density at radius 1 is 1.27 bits per heavy atom. The lowest BCUT2D eigenvalue weighted by atomic mass is 9.81. The lowest BCUT2D eigenvalue weighted by molar-refractivity contribution is 0.314. The van der Waals surface area contributed by atoms with E-state index in [-0.39, 0.29) is 0 Å². The van der Waals surface area contributed by atoms with Crippen molar-refractivity contribution >= 4 is 0 Å². The Balaban J connectivity index is 1.95. The van der Waals surface area contributed by atoms with Gasteiger partial charge in [0, 0.05) is 0 Å². The third-order valence-corrected chi connectivity index (χ3v) is 2.54. The summed E-state index contributed by atoms with van der Waals surface area (Å²) in [5.41, 5.74) is 1.48. The third kappa shape index (κ3) is 1.62. The van der Waals surface area contributed by atoms with Crippen LogP contribution < -0.4 is 0 Å². The predicted molar refractivity (Wildman–Crippen MR) is 46.3 cm³/mol. The van der Waals surface area contributed by atoms with Gasteiger partial charge in [0.2, 0.25) is 0 Å². The zero-order valence-electron chi connectivity index (χ0n) is 6.72. The first kappa shape index (κ1) is 6.90. The Morgan fingerprint density at radius 3 is 2.55 bits per heavy atom. The molecule has 0 aromatic heterocycles. The van der Waals surface area contributed by atoms with Crippen molar-refractivity contribution in [1.82, 2.24) is 0 Å². The second-order valence-corrected chi connectivity index (χ2v) is 3.41. The molecule has 0 bridgehead atoms. The molecular weight excluding hydrogens is 132 g/mol. The van der Waals surface area contributed by atoms with Gasteiger partial charge in [-0.15, -0.1) is 0 Å². The van der Waals surface area contributed by atoms with Gasteiger partial charge in [0.1, 0.15) is 0 Å². The lowest BCUT2D eigenvalue weighted by Gasteiger charge is -2.25. The summed E-state index contributed by atoms with van der Waals surface area (Å²) in [5, 5.41) is 0. The van der Waals surface area contributed by atoms with Gasteiger partial charge in [0.25, 0.3) is 0 Å². The summed E-state index contributed by atoms with van der Waals surface area (Å²) in [5.74, 6) is 0.984. The lowest BCUT2D eigenvalue weighted by Crippen LogP contribution is -2.13. The minimum absolute atomic E-state index is 0.984. The number of benzene rings is 1. The van der Waals surface area contributed by atoms with Gasteiger partial charge in [-0.25, -0.2) is 0 Å². The average molecular weight is 145 g/mol. The van der Waals surface area contributed by atoms with Gasteiger partial charge in [-0.3, -0.25) is 0 Å². The summed E-state index contributed by atoms with van der Waals surface area (Å²) in [6.07, 6.45) is 5.62. The van der Waals surface area contributed by atoms with E-state index in [4.69, 9.17) is 0 Å². The first-order valence-electron chi connectivity index (χ1n) is 4.40. The molecule has 0 heterocycles. The summed E-state index contributed by atoms with van der Waals surface area (Å²) in [6.45, 7) is 0. The van der Waals surface area contributed by atoms with Gasteiger partial charge >= 0.3 is 0 Å². The molecule has 1 aliphatic carbocycles. The maximum Gasteiger partial charge on any atom is -0.0184 e. The zero-order chi connectivity index (χ0) is 7.52. The topological polar surface area (TPSA) is 0 Å². The Bertz CT molecular complexity index is 209. The van der Waals surface area contributed by atoms with Crippen LogP contribution in [0.2, 0.25) is 0 Å². The molecule has 1 aliphatic rings. The van der Waals surface area contributed by atoms with Gasteiger partial charge in [0.15, 0.2) is 0 Å². The molecule has 0 atom stereocenters. The standard InChI is InChI=1S/C11H13/c1-2-5-10(6-3-1)9-11-7-4-8-11/h2-3,5-6,11H,4,7-9H2. The van der Waals surface area contributed by atoms with E-state index in [0.717, 1.165) is 5.92 Å². The molecule has 1 aromatic rings. The van der Waals surface area contributed by atoms with Crippen molar-refractivity contribution in [2.75, 3.05) is 0 Å². The SMILES string of the molecule is [c]1ccc(CC2CCC2)cc1. The second kappa shape index (κ2) is 3.08. The van der Waals surface area contributed by atoms with Gasteiger partial charge < -0.3 is 0 Å². The van der Waals surface area contributed by atoms with Crippen LogP contribution in [0.1, 0.15) is 24.8 Å². The molecule has 0 nitrogen and oxygen atoms in total. The second-order valence-electron chi connectivity index (χ2n) is 3.41. The van der Waals surface area contributed by atoms with Crippen molar-refractivity contribution in [3.63, 3.8) is 0 Å². The largest absolute Gasteiger partial charge is 0.0584 e. The Kier molecular flexibility index (Phi) is 1.93. The molecule has 0 saturated heterocycles. The predicted octanol–water partition coefficient (Wildman–Crippen LogP) is 2.83. The van der Waals surface area contributed by atoms with Crippen LogP contribution in [0.25, 0.3) is 0 Å². The summed E-state index contributed by atoms with van der Waals surface area (Å²) in [4.78, 5) is 0. The van der Waals surface area contributed by atoms with Crippen LogP contribution in [0.5, 0.6) is 0 Å². The van der Waals surface area contributed by atoms with Crippen LogP contribution in [0.3, 0.4) is 0 Å². The highest BCUT2D eigenvalue weighted by molar-refractivity contribution is 5.14. The molecule has 1 fully saturated rings. The van der Waals surface area contributed by atoms with Crippen LogP contribution in [0.4, 0.5) is 0 Å². The van der Waals surface area contributed by atoms with Crippen molar-refractivity contribution in [3.05, 3.63) is 35.9 Å². The molecule has 1 aromatic carbocycles. The average Bonchev–Trinajstić information content (AvgIpc) is 1.99. The van der Waals surface area contributed by atoms with Gasteiger partial charge in [-0.05, 0) is 24.0 Å². The quantitative estimate of drug-likeness (QED) is 0.600. The maximum absolute atomic E-state index is 3.04. The number of hydrogen-bond donors (Lipinski definition) is 0. The van der Waals surface area contributed by atoms with Crippen LogP contribution in [-0.2, 0) is 6.42 Å². The van der Waals surface area contributed by atoms with E-state index in [1.54, 1.807) is 0 Å². The Labute approximate surface area is 68.3 Å². The molecule has 1 radical (unpaired) electrons. The Morgan fingerprint density at radius 2 is 2.00 bits per heavy atom.